The van der Waals surface area contributed by atoms with Crippen LogP contribution in [0.3, 0.4) is 0 Å². The number of esters is 1. The highest BCUT2D eigenvalue weighted by Crippen LogP contribution is 2.28. The lowest BCUT2D eigenvalue weighted by atomic mass is 10.1. The van der Waals surface area contributed by atoms with Gasteiger partial charge in [-0.3, -0.25) is 4.79 Å². The normalized spacial score (nSPS) is 10.6. The third kappa shape index (κ3) is 5.06. The molecule has 8 heteroatoms. The molecule has 3 rings (SSSR count). The lowest BCUT2D eigenvalue weighted by Crippen LogP contribution is -2.25. The van der Waals surface area contributed by atoms with Crippen molar-refractivity contribution in [2.45, 2.75) is 13.0 Å². The number of ether oxygens (including phenoxy) is 2. The van der Waals surface area contributed by atoms with E-state index >= 15 is 0 Å². The first kappa shape index (κ1) is 22.4. The van der Waals surface area contributed by atoms with Gasteiger partial charge in [-0.1, -0.05) is 29.8 Å². The molecule has 2 aromatic carbocycles. The molecule has 1 aromatic heterocycles. The lowest BCUT2D eigenvalue weighted by Gasteiger charge is -2.17. The molecule has 0 bridgehead atoms. The van der Waals surface area contributed by atoms with E-state index < -0.39 is 5.97 Å². The minimum absolute atomic E-state index is 0.124. The van der Waals surface area contributed by atoms with Crippen molar-refractivity contribution in [3.05, 3.63) is 64.2 Å². The van der Waals surface area contributed by atoms with Crippen LogP contribution < -0.4 is 15.0 Å². The van der Waals surface area contributed by atoms with Gasteiger partial charge in [-0.05, 0) is 35.4 Å². The lowest BCUT2D eigenvalue weighted by molar-refractivity contribution is -0.120. The van der Waals surface area contributed by atoms with E-state index in [1.807, 2.05) is 43.3 Å². The highest BCUT2D eigenvalue weighted by Gasteiger charge is 2.18. The summed E-state index contributed by atoms with van der Waals surface area (Å²) in [4.78, 5) is 31.1. The number of halogens is 1. The molecule has 31 heavy (non-hydrogen) atoms. The second kappa shape index (κ2) is 9.66. The zero-order valence-corrected chi connectivity index (χ0v) is 18.6. The zero-order chi connectivity index (χ0) is 22.5. The number of fused-ring (bicyclic) bond motifs is 1. The first-order chi connectivity index (χ1) is 14.8. The minimum Gasteiger partial charge on any atom is -0.480 e. The summed E-state index contributed by atoms with van der Waals surface area (Å²) >= 11 is 6.27. The maximum absolute atomic E-state index is 12.6. The molecule has 7 nitrogen and oxygen atoms in total. The van der Waals surface area contributed by atoms with Gasteiger partial charge in [0.05, 0.1) is 26.2 Å². The summed E-state index contributed by atoms with van der Waals surface area (Å²) in [5.41, 5.74) is 3.43. The van der Waals surface area contributed by atoms with Crippen molar-refractivity contribution >= 4 is 40.1 Å². The Morgan fingerprint density at radius 1 is 1.10 bits per heavy atom. The number of amides is 1. The fourth-order valence-corrected chi connectivity index (χ4v) is 3.63. The summed E-state index contributed by atoms with van der Waals surface area (Å²) in [7, 11) is 6.60. The van der Waals surface area contributed by atoms with E-state index in [1.54, 1.807) is 18.2 Å². The van der Waals surface area contributed by atoms with E-state index in [2.05, 4.69) is 10.3 Å². The Kier molecular flexibility index (Phi) is 6.97. The Hall–Kier alpha value is -3.32. The first-order valence-electron chi connectivity index (χ1n) is 9.61. The summed E-state index contributed by atoms with van der Waals surface area (Å²) in [6, 6.07) is 12.8. The highest BCUT2D eigenvalue weighted by molar-refractivity contribution is 6.31. The van der Waals surface area contributed by atoms with Crippen LogP contribution in [-0.4, -0.2) is 45.2 Å². The number of benzene rings is 2. The SMILES string of the molecule is COC(=O)c1cc2cc(Cl)cc(CNC(=O)Cc3ccccc3N(C)C)c2nc1OC. The van der Waals surface area contributed by atoms with Crippen molar-refractivity contribution in [3.8, 4) is 5.88 Å². The Morgan fingerprint density at radius 2 is 1.84 bits per heavy atom. The van der Waals surface area contributed by atoms with E-state index in [-0.39, 0.29) is 30.3 Å². The number of para-hydroxylation sites is 1. The number of aromatic nitrogens is 1. The molecule has 0 saturated heterocycles. The van der Waals surface area contributed by atoms with Gasteiger partial charge in [0.15, 0.2) is 0 Å². The van der Waals surface area contributed by atoms with Gasteiger partial charge in [0, 0.05) is 36.7 Å². The van der Waals surface area contributed by atoms with Crippen molar-refractivity contribution in [1.29, 1.82) is 0 Å². The van der Waals surface area contributed by atoms with Crippen LogP contribution in [0, 0.1) is 0 Å². The number of hydrogen-bond donors (Lipinski definition) is 1. The van der Waals surface area contributed by atoms with Crippen molar-refractivity contribution in [2.24, 2.45) is 0 Å². The fraction of sp³-hybridized carbons (Fsp3) is 0.261. The molecule has 0 aliphatic heterocycles. The highest BCUT2D eigenvalue weighted by atomic mass is 35.5. The summed E-state index contributed by atoms with van der Waals surface area (Å²) < 4.78 is 10.1. The van der Waals surface area contributed by atoms with Gasteiger partial charge < -0.3 is 19.7 Å². The van der Waals surface area contributed by atoms with E-state index in [9.17, 15) is 9.59 Å². The molecule has 0 radical (unpaired) electrons. The van der Waals surface area contributed by atoms with Crippen LogP contribution in [0.5, 0.6) is 5.88 Å². The average molecular weight is 442 g/mol. The third-order valence-corrected chi connectivity index (χ3v) is 5.04. The molecule has 162 valence electrons. The van der Waals surface area contributed by atoms with Crippen LogP contribution >= 0.6 is 11.6 Å². The molecule has 0 unspecified atom stereocenters. The van der Waals surface area contributed by atoms with E-state index in [4.69, 9.17) is 21.1 Å². The Balaban J connectivity index is 1.86. The number of hydrogen-bond acceptors (Lipinski definition) is 6. The monoisotopic (exact) mass is 441 g/mol. The molecule has 1 N–H and O–H groups in total. The number of pyridine rings is 1. The van der Waals surface area contributed by atoms with E-state index in [0.717, 1.165) is 11.3 Å². The Morgan fingerprint density at radius 3 is 2.52 bits per heavy atom. The van der Waals surface area contributed by atoms with Crippen molar-refractivity contribution < 1.29 is 19.1 Å². The summed E-state index contributed by atoms with van der Waals surface area (Å²) in [6.07, 6.45) is 0.246. The molecule has 0 atom stereocenters. The van der Waals surface area contributed by atoms with Gasteiger partial charge in [0.1, 0.15) is 5.56 Å². The van der Waals surface area contributed by atoms with Crippen molar-refractivity contribution in [3.63, 3.8) is 0 Å². The number of rotatable bonds is 7. The molecule has 0 spiro atoms. The number of methoxy groups -OCH3 is 2. The van der Waals surface area contributed by atoms with Gasteiger partial charge >= 0.3 is 5.97 Å². The van der Waals surface area contributed by atoms with Gasteiger partial charge in [0.25, 0.3) is 0 Å². The number of nitrogens with one attached hydrogen (secondary N) is 1. The van der Waals surface area contributed by atoms with Crippen molar-refractivity contribution in [2.75, 3.05) is 33.2 Å². The maximum atomic E-state index is 12.6. The number of anilines is 1. The molecule has 1 heterocycles. The minimum atomic E-state index is -0.555. The fourth-order valence-electron chi connectivity index (χ4n) is 3.38. The average Bonchev–Trinajstić information content (AvgIpc) is 2.76. The zero-order valence-electron chi connectivity index (χ0n) is 17.9. The maximum Gasteiger partial charge on any atom is 0.343 e. The van der Waals surface area contributed by atoms with Crippen LogP contribution in [0.15, 0.2) is 42.5 Å². The first-order valence-corrected chi connectivity index (χ1v) is 9.99. The summed E-state index contributed by atoms with van der Waals surface area (Å²) in [5, 5.41) is 4.05. The summed E-state index contributed by atoms with van der Waals surface area (Å²) in [5.74, 6) is -0.532. The van der Waals surface area contributed by atoms with Gasteiger partial charge in [-0.25, -0.2) is 9.78 Å². The quantitative estimate of drug-likeness (QED) is 0.564. The molecule has 0 fully saturated rings. The van der Waals surface area contributed by atoms with Gasteiger partial charge in [-0.2, -0.15) is 0 Å². The molecular formula is C23H24ClN3O4. The third-order valence-electron chi connectivity index (χ3n) is 4.83. The molecule has 0 saturated carbocycles. The van der Waals surface area contributed by atoms with E-state index in [0.29, 0.717) is 21.5 Å². The molecule has 0 aliphatic rings. The van der Waals surface area contributed by atoms with Crippen LogP contribution in [-0.2, 0) is 22.5 Å². The van der Waals surface area contributed by atoms with Crippen LogP contribution in [0.4, 0.5) is 5.69 Å². The van der Waals surface area contributed by atoms with E-state index in [1.165, 1.54) is 14.2 Å². The molecule has 3 aromatic rings. The summed E-state index contributed by atoms with van der Waals surface area (Å²) in [6.45, 7) is 0.230. The Bertz CT molecular complexity index is 1130. The molecule has 0 aliphatic carbocycles. The number of carbonyl (C=O) groups is 2. The standard InChI is InChI=1S/C23H24ClN3O4/c1-27(2)19-8-6-5-7-14(19)12-20(28)25-13-16-10-17(24)9-15-11-18(23(29)31-4)22(30-3)26-21(15)16/h5-11H,12-13H2,1-4H3,(H,25,28). The number of carbonyl (C=O) groups excluding carboxylic acids is 2. The Labute approximate surface area is 185 Å². The second-order valence-electron chi connectivity index (χ2n) is 7.15. The molecular weight excluding hydrogens is 418 g/mol. The predicted octanol–water partition coefficient (Wildman–Crippen LogP) is 3.61. The van der Waals surface area contributed by atoms with Gasteiger partial charge in [0.2, 0.25) is 11.8 Å². The molecule has 1 amide bonds. The largest absolute Gasteiger partial charge is 0.480 e. The topological polar surface area (TPSA) is 80.8 Å². The smallest absolute Gasteiger partial charge is 0.343 e. The number of nitrogens with zero attached hydrogens (tertiary/aromatic N) is 2. The second-order valence-corrected chi connectivity index (χ2v) is 7.59. The van der Waals surface area contributed by atoms with Gasteiger partial charge in [-0.15, -0.1) is 0 Å². The van der Waals surface area contributed by atoms with Crippen LogP contribution in [0.25, 0.3) is 10.9 Å². The van der Waals surface area contributed by atoms with Crippen molar-refractivity contribution in [1.82, 2.24) is 10.3 Å². The predicted molar refractivity (Wildman–Crippen MR) is 121 cm³/mol. The van der Waals surface area contributed by atoms with Crippen LogP contribution in [0.2, 0.25) is 5.02 Å². The van der Waals surface area contributed by atoms with Crippen LogP contribution in [0.1, 0.15) is 21.5 Å².